The molecule has 0 amide bonds. The van der Waals surface area contributed by atoms with Gasteiger partial charge in [0.2, 0.25) is 0 Å². The lowest BCUT2D eigenvalue weighted by Gasteiger charge is -2.29. The number of likely N-dealkylation sites (tertiary alicyclic amines) is 1. The van der Waals surface area contributed by atoms with Gasteiger partial charge < -0.3 is 14.8 Å². The van der Waals surface area contributed by atoms with Crippen molar-refractivity contribution in [2.75, 3.05) is 25.5 Å². The molecular weight excluding hydrogens is 226 g/mol. The average Bonchev–Trinajstić information content (AvgIpc) is 2.76. The monoisotopic (exact) mass is 245 g/mol. The molecule has 0 bridgehead atoms. The van der Waals surface area contributed by atoms with Crippen molar-refractivity contribution in [2.45, 2.75) is 18.9 Å². The Morgan fingerprint density at radius 3 is 2.78 bits per heavy atom. The lowest BCUT2D eigenvalue weighted by Crippen LogP contribution is -2.36. The zero-order valence-corrected chi connectivity index (χ0v) is 10.9. The third-order valence-electron chi connectivity index (χ3n) is 3.72. The number of piperidine rings is 1. The summed E-state index contributed by atoms with van der Waals surface area (Å²) in [5, 5.41) is 4.68. The number of hydrogen-bond acceptors (Lipinski definition) is 4. The predicted octanol–water partition coefficient (Wildman–Crippen LogP) is 1.47. The van der Waals surface area contributed by atoms with Crippen molar-refractivity contribution in [1.29, 1.82) is 0 Å². The van der Waals surface area contributed by atoms with Gasteiger partial charge >= 0.3 is 0 Å². The molecule has 1 fully saturated rings. The second-order valence-corrected chi connectivity index (χ2v) is 5.11. The predicted molar refractivity (Wildman–Crippen MR) is 72.7 cm³/mol. The molecule has 5 nitrogen and oxygen atoms in total. The summed E-state index contributed by atoms with van der Waals surface area (Å²) in [5.74, 6) is 0.968. The fourth-order valence-corrected chi connectivity index (χ4v) is 2.54. The van der Waals surface area contributed by atoms with Crippen LogP contribution in [0.3, 0.4) is 0 Å². The molecule has 1 saturated heterocycles. The molecule has 1 aliphatic heterocycles. The Morgan fingerprint density at radius 1 is 1.22 bits per heavy atom. The summed E-state index contributed by atoms with van der Waals surface area (Å²) in [6.45, 7) is 2.31. The van der Waals surface area contributed by atoms with E-state index in [1.54, 1.807) is 6.33 Å². The first-order chi connectivity index (χ1) is 8.74. The maximum Gasteiger partial charge on any atom is 0.145 e. The molecule has 0 unspecified atom stereocenters. The highest BCUT2D eigenvalue weighted by molar-refractivity contribution is 5.87. The van der Waals surface area contributed by atoms with Crippen LogP contribution in [0.4, 0.5) is 5.82 Å². The van der Waals surface area contributed by atoms with Crippen molar-refractivity contribution in [3.05, 3.63) is 18.6 Å². The summed E-state index contributed by atoms with van der Waals surface area (Å²) >= 11 is 0. The summed E-state index contributed by atoms with van der Waals surface area (Å²) < 4.78 is 2.02. The second-order valence-electron chi connectivity index (χ2n) is 5.11. The van der Waals surface area contributed by atoms with Crippen LogP contribution in [0.2, 0.25) is 0 Å². The third-order valence-corrected chi connectivity index (χ3v) is 3.72. The van der Waals surface area contributed by atoms with E-state index < -0.39 is 0 Å². The van der Waals surface area contributed by atoms with Gasteiger partial charge in [0.1, 0.15) is 17.8 Å². The van der Waals surface area contributed by atoms with Gasteiger partial charge in [0, 0.05) is 19.3 Å². The lowest BCUT2D eigenvalue weighted by molar-refractivity contribution is 0.264. The van der Waals surface area contributed by atoms with E-state index in [0.717, 1.165) is 29.9 Å². The lowest BCUT2D eigenvalue weighted by atomic mass is 10.1. The number of fused-ring (bicyclic) bond motifs is 1. The molecule has 5 heteroatoms. The fourth-order valence-electron chi connectivity index (χ4n) is 2.54. The second kappa shape index (κ2) is 4.57. The SMILES string of the molecule is CN1CCC(Nc2ncnc3c2ccn3C)CC1. The maximum absolute atomic E-state index is 4.38. The molecule has 18 heavy (non-hydrogen) atoms. The number of aryl methyl sites for hydroxylation is 1. The third kappa shape index (κ3) is 2.06. The average molecular weight is 245 g/mol. The van der Waals surface area contributed by atoms with E-state index in [0.29, 0.717) is 6.04 Å². The largest absolute Gasteiger partial charge is 0.367 e. The Morgan fingerprint density at radius 2 is 2.00 bits per heavy atom. The van der Waals surface area contributed by atoms with Gasteiger partial charge in [0.05, 0.1) is 5.39 Å². The van der Waals surface area contributed by atoms with Gasteiger partial charge in [0.15, 0.2) is 0 Å². The molecule has 2 aromatic rings. The van der Waals surface area contributed by atoms with Crippen LogP contribution in [0.5, 0.6) is 0 Å². The number of hydrogen-bond donors (Lipinski definition) is 1. The summed E-state index contributed by atoms with van der Waals surface area (Å²) in [5.41, 5.74) is 0.987. The Labute approximate surface area is 107 Å². The summed E-state index contributed by atoms with van der Waals surface area (Å²) in [7, 11) is 4.19. The molecule has 0 aromatic carbocycles. The standard InChI is InChI=1S/C13H19N5/c1-17-6-3-10(4-7-17)16-12-11-5-8-18(2)13(11)15-9-14-12/h5,8-10H,3-4,6-7H2,1-2H3,(H,14,15,16). The van der Waals surface area contributed by atoms with Crippen molar-refractivity contribution in [3.8, 4) is 0 Å². The topological polar surface area (TPSA) is 46.0 Å². The van der Waals surface area contributed by atoms with Crippen LogP contribution in [0.15, 0.2) is 18.6 Å². The maximum atomic E-state index is 4.38. The van der Waals surface area contributed by atoms with E-state index in [4.69, 9.17) is 0 Å². The number of aromatic nitrogens is 3. The first-order valence-electron chi connectivity index (χ1n) is 6.45. The van der Waals surface area contributed by atoms with Gasteiger partial charge in [-0.25, -0.2) is 9.97 Å². The quantitative estimate of drug-likeness (QED) is 0.870. The van der Waals surface area contributed by atoms with Crippen molar-refractivity contribution < 1.29 is 0 Å². The van der Waals surface area contributed by atoms with E-state index in [9.17, 15) is 0 Å². The van der Waals surface area contributed by atoms with Crippen LogP contribution in [0, 0.1) is 0 Å². The van der Waals surface area contributed by atoms with Crippen LogP contribution in [-0.4, -0.2) is 45.6 Å². The molecule has 0 spiro atoms. The van der Waals surface area contributed by atoms with E-state index in [1.165, 1.54) is 12.8 Å². The van der Waals surface area contributed by atoms with E-state index in [2.05, 4.69) is 33.3 Å². The minimum Gasteiger partial charge on any atom is -0.367 e. The highest BCUT2D eigenvalue weighted by Crippen LogP contribution is 2.22. The minimum absolute atomic E-state index is 0.527. The van der Waals surface area contributed by atoms with Gasteiger partial charge in [-0.05, 0) is 39.0 Å². The number of anilines is 1. The molecule has 0 radical (unpaired) electrons. The van der Waals surface area contributed by atoms with E-state index in [1.807, 2.05) is 17.8 Å². The minimum atomic E-state index is 0.527. The van der Waals surface area contributed by atoms with Crippen molar-refractivity contribution >= 4 is 16.9 Å². The Balaban J connectivity index is 1.82. The molecule has 96 valence electrons. The zero-order valence-electron chi connectivity index (χ0n) is 10.9. The molecule has 0 atom stereocenters. The Hall–Kier alpha value is -1.62. The highest BCUT2D eigenvalue weighted by Gasteiger charge is 2.18. The molecule has 0 saturated carbocycles. The first-order valence-corrected chi connectivity index (χ1v) is 6.45. The van der Waals surface area contributed by atoms with Crippen LogP contribution in [0.25, 0.3) is 11.0 Å². The van der Waals surface area contributed by atoms with E-state index in [-0.39, 0.29) is 0 Å². The molecule has 0 aliphatic carbocycles. The van der Waals surface area contributed by atoms with Gasteiger partial charge in [-0.15, -0.1) is 0 Å². The Kier molecular flexibility index (Phi) is 2.91. The molecule has 1 N–H and O–H groups in total. The molecular formula is C13H19N5. The van der Waals surface area contributed by atoms with Gasteiger partial charge in [-0.2, -0.15) is 0 Å². The molecule has 3 rings (SSSR count). The number of nitrogens with one attached hydrogen (secondary N) is 1. The number of nitrogens with zero attached hydrogens (tertiary/aromatic N) is 4. The van der Waals surface area contributed by atoms with Crippen LogP contribution >= 0.6 is 0 Å². The summed E-state index contributed by atoms with van der Waals surface area (Å²) in [4.78, 5) is 11.1. The van der Waals surface area contributed by atoms with Gasteiger partial charge in [-0.1, -0.05) is 0 Å². The number of rotatable bonds is 2. The summed E-state index contributed by atoms with van der Waals surface area (Å²) in [6, 6.07) is 2.60. The van der Waals surface area contributed by atoms with E-state index >= 15 is 0 Å². The van der Waals surface area contributed by atoms with Crippen LogP contribution < -0.4 is 5.32 Å². The van der Waals surface area contributed by atoms with Crippen molar-refractivity contribution in [3.63, 3.8) is 0 Å². The molecule has 1 aliphatic rings. The van der Waals surface area contributed by atoms with Crippen LogP contribution in [-0.2, 0) is 7.05 Å². The molecule has 3 heterocycles. The Bertz CT molecular complexity index is 539. The van der Waals surface area contributed by atoms with Gasteiger partial charge in [0.25, 0.3) is 0 Å². The smallest absolute Gasteiger partial charge is 0.145 e. The van der Waals surface area contributed by atoms with Crippen molar-refractivity contribution in [1.82, 2.24) is 19.4 Å². The van der Waals surface area contributed by atoms with Crippen molar-refractivity contribution in [2.24, 2.45) is 7.05 Å². The normalized spacial score (nSPS) is 18.3. The van der Waals surface area contributed by atoms with Crippen LogP contribution in [0.1, 0.15) is 12.8 Å². The van der Waals surface area contributed by atoms with Gasteiger partial charge in [-0.3, -0.25) is 0 Å². The highest BCUT2D eigenvalue weighted by atomic mass is 15.1. The summed E-state index contributed by atoms with van der Waals surface area (Å²) in [6.07, 6.45) is 6.02. The molecule has 2 aromatic heterocycles. The zero-order chi connectivity index (χ0) is 12.5. The first kappa shape index (κ1) is 11.5. The fraction of sp³-hybridized carbons (Fsp3) is 0.538.